The van der Waals surface area contributed by atoms with Gasteiger partial charge in [-0.15, -0.1) is 0 Å². The van der Waals surface area contributed by atoms with Gasteiger partial charge in [0.25, 0.3) is 0 Å². The molecule has 1 heterocycles. The highest BCUT2D eigenvalue weighted by molar-refractivity contribution is 5.91. The van der Waals surface area contributed by atoms with Gasteiger partial charge in [-0.25, -0.2) is 0 Å². The van der Waals surface area contributed by atoms with Gasteiger partial charge in [0.05, 0.1) is 12.7 Å². The molecular formula is C21H28O4. The van der Waals surface area contributed by atoms with Gasteiger partial charge in [-0.1, -0.05) is 12.5 Å². The summed E-state index contributed by atoms with van der Waals surface area (Å²) in [4.78, 5) is 24.3. The highest BCUT2D eigenvalue weighted by Gasteiger charge is 2.66. The highest BCUT2D eigenvalue weighted by atomic mass is 16.5. The molecule has 1 aliphatic heterocycles. The lowest BCUT2D eigenvalue weighted by Gasteiger charge is -2.56. The van der Waals surface area contributed by atoms with E-state index >= 15 is 0 Å². The van der Waals surface area contributed by atoms with E-state index in [1.807, 2.05) is 6.08 Å². The number of hydrogen-bond donors (Lipinski definition) is 1. The summed E-state index contributed by atoms with van der Waals surface area (Å²) < 4.78 is 6.38. The standard InChI is InChI=1S/C21H28O4/c1-20-9-18-19-14(15(20)4-5-16(20)17(24)10-22)3-2-12-8-13(23)6-7-21(12,19)11-25-18/h8,14-16,18-19,22H,2-7,9-11H2,1H3/t14-,15-,16+,18?,19+,20-,21+/m0/s1. The van der Waals surface area contributed by atoms with E-state index in [1.54, 1.807) is 0 Å². The molecule has 4 aliphatic carbocycles. The Hall–Kier alpha value is -1.00. The number of aliphatic hydroxyl groups is 1. The topological polar surface area (TPSA) is 63.6 Å². The first-order chi connectivity index (χ1) is 12.0. The Morgan fingerprint density at radius 3 is 2.96 bits per heavy atom. The lowest BCUT2D eigenvalue weighted by atomic mass is 9.46. The maximum absolute atomic E-state index is 12.4. The molecule has 4 nitrogen and oxygen atoms in total. The summed E-state index contributed by atoms with van der Waals surface area (Å²) in [6.45, 7) is 2.72. The molecule has 136 valence electrons. The number of carbonyl (C=O) groups excluding carboxylic acids is 2. The number of aliphatic hydroxyl groups excluding tert-OH is 1. The minimum atomic E-state index is -0.328. The molecule has 7 atom stereocenters. The molecule has 1 unspecified atom stereocenters. The summed E-state index contributed by atoms with van der Waals surface area (Å²) in [5.41, 5.74) is 1.43. The quantitative estimate of drug-likeness (QED) is 0.836. The van der Waals surface area contributed by atoms with Crippen LogP contribution in [0.5, 0.6) is 0 Å². The second kappa shape index (κ2) is 5.26. The number of fused-ring (bicyclic) bond motifs is 2. The van der Waals surface area contributed by atoms with Gasteiger partial charge >= 0.3 is 0 Å². The molecule has 0 aromatic heterocycles. The molecule has 0 radical (unpaired) electrons. The first-order valence-electron chi connectivity index (χ1n) is 9.99. The molecule has 1 N–H and O–H groups in total. The molecule has 0 aromatic carbocycles. The lowest BCUT2D eigenvalue weighted by molar-refractivity contribution is -0.135. The van der Waals surface area contributed by atoms with Gasteiger partial charge in [0, 0.05) is 17.8 Å². The number of rotatable bonds is 2. The van der Waals surface area contributed by atoms with Gasteiger partial charge in [-0.3, -0.25) is 9.59 Å². The van der Waals surface area contributed by atoms with Crippen LogP contribution in [0.3, 0.4) is 0 Å². The molecule has 1 spiro atoms. The van der Waals surface area contributed by atoms with E-state index in [9.17, 15) is 14.7 Å². The predicted molar refractivity (Wildman–Crippen MR) is 91.7 cm³/mol. The molecule has 4 heteroatoms. The number of carbonyl (C=O) groups is 2. The lowest BCUT2D eigenvalue weighted by Crippen LogP contribution is -2.54. The molecular weight excluding hydrogens is 316 g/mol. The summed E-state index contributed by atoms with van der Waals surface area (Å²) in [5.74, 6) is 2.00. The van der Waals surface area contributed by atoms with Gasteiger partial charge in [0.15, 0.2) is 11.6 Å². The Morgan fingerprint density at radius 2 is 2.16 bits per heavy atom. The van der Waals surface area contributed by atoms with Crippen molar-refractivity contribution < 1.29 is 19.4 Å². The summed E-state index contributed by atoms with van der Waals surface area (Å²) in [6.07, 6.45) is 8.90. The summed E-state index contributed by atoms with van der Waals surface area (Å²) >= 11 is 0. The maximum atomic E-state index is 12.4. The second-order valence-corrected chi connectivity index (χ2v) is 9.44. The van der Waals surface area contributed by atoms with Crippen molar-refractivity contribution >= 4 is 11.6 Å². The van der Waals surface area contributed by atoms with Crippen LogP contribution in [0.4, 0.5) is 0 Å². The van der Waals surface area contributed by atoms with E-state index in [-0.39, 0.29) is 41.0 Å². The molecule has 1 saturated heterocycles. The number of ether oxygens (including phenoxy) is 1. The smallest absolute Gasteiger partial charge is 0.161 e. The zero-order valence-corrected chi connectivity index (χ0v) is 15.0. The fourth-order valence-electron chi connectivity index (χ4n) is 7.75. The monoisotopic (exact) mass is 344 g/mol. The van der Waals surface area contributed by atoms with Crippen LogP contribution in [-0.4, -0.2) is 36.0 Å². The van der Waals surface area contributed by atoms with Crippen LogP contribution < -0.4 is 0 Å². The zero-order valence-electron chi connectivity index (χ0n) is 15.0. The van der Waals surface area contributed by atoms with Crippen molar-refractivity contribution in [3.05, 3.63) is 11.6 Å². The molecule has 3 saturated carbocycles. The van der Waals surface area contributed by atoms with Crippen molar-refractivity contribution in [3.8, 4) is 0 Å². The Bertz CT molecular complexity index is 667. The average molecular weight is 344 g/mol. The third-order valence-corrected chi connectivity index (χ3v) is 8.71. The predicted octanol–water partition coefficient (Wildman–Crippen LogP) is 2.68. The van der Waals surface area contributed by atoms with Gasteiger partial charge in [0.2, 0.25) is 0 Å². The Balaban J connectivity index is 1.54. The maximum Gasteiger partial charge on any atom is 0.161 e. The van der Waals surface area contributed by atoms with Crippen LogP contribution in [0.1, 0.15) is 51.9 Å². The fourth-order valence-corrected chi connectivity index (χ4v) is 7.75. The minimum Gasteiger partial charge on any atom is -0.389 e. The second-order valence-electron chi connectivity index (χ2n) is 9.44. The Morgan fingerprint density at radius 1 is 1.32 bits per heavy atom. The van der Waals surface area contributed by atoms with Crippen LogP contribution in [0.15, 0.2) is 11.6 Å². The fraction of sp³-hybridized carbons (Fsp3) is 0.810. The molecule has 0 bridgehead atoms. The van der Waals surface area contributed by atoms with Gasteiger partial charge < -0.3 is 9.84 Å². The van der Waals surface area contributed by atoms with Crippen LogP contribution >= 0.6 is 0 Å². The number of hydrogen-bond acceptors (Lipinski definition) is 4. The Labute approximate surface area is 149 Å². The summed E-state index contributed by atoms with van der Waals surface area (Å²) in [7, 11) is 0. The molecule has 0 amide bonds. The third-order valence-electron chi connectivity index (χ3n) is 8.71. The molecule has 0 aromatic rings. The van der Waals surface area contributed by atoms with Crippen molar-refractivity contribution in [2.75, 3.05) is 13.2 Å². The largest absolute Gasteiger partial charge is 0.389 e. The van der Waals surface area contributed by atoms with Crippen molar-refractivity contribution in [2.45, 2.75) is 58.0 Å². The first-order valence-corrected chi connectivity index (χ1v) is 9.99. The molecule has 5 rings (SSSR count). The van der Waals surface area contributed by atoms with Gasteiger partial charge in [-0.2, -0.15) is 0 Å². The van der Waals surface area contributed by atoms with Crippen molar-refractivity contribution in [3.63, 3.8) is 0 Å². The average Bonchev–Trinajstić information content (AvgIpc) is 3.14. The minimum absolute atomic E-state index is 0.00604. The van der Waals surface area contributed by atoms with Crippen molar-refractivity contribution in [1.29, 1.82) is 0 Å². The van der Waals surface area contributed by atoms with Crippen molar-refractivity contribution in [2.24, 2.45) is 34.5 Å². The van der Waals surface area contributed by atoms with E-state index in [0.717, 1.165) is 45.1 Å². The molecule has 4 fully saturated rings. The normalized spacial score (nSPS) is 50.7. The van der Waals surface area contributed by atoms with Crippen molar-refractivity contribution in [1.82, 2.24) is 0 Å². The molecule has 25 heavy (non-hydrogen) atoms. The van der Waals surface area contributed by atoms with Gasteiger partial charge in [-0.05, 0) is 67.8 Å². The first kappa shape index (κ1) is 16.2. The Kier molecular flexibility index (Phi) is 3.41. The summed E-state index contributed by atoms with van der Waals surface area (Å²) in [5, 5.41) is 9.42. The van der Waals surface area contributed by atoms with Crippen LogP contribution in [0, 0.1) is 34.5 Å². The van der Waals surface area contributed by atoms with E-state index < -0.39 is 0 Å². The highest BCUT2D eigenvalue weighted by Crippen LogP contribution is 2.69. The van der Waals surface area contributed by atoms with E-state index in [2.05, 4.69) is 6.92 Å². The number of Topliss-reactive ketones (excluding diaryl/α,β-unsaturated/α-hetero) is 1. The van der Waals surface area contributed by atoms with Crippen LogP contribution in [0.25, 0.3) is 0 Å². The SMILES string of the molecule is C[C@]12CC3OC[C@]45CCC(=O)C=C4CC[C@H]([C@H]35)[C@@H]1CC[C@@H]2C(=O)CO. The van der Waals surface area contributed by atoms with Crippen LogP contribution in [0.2, 0.25) is 0 Å². The van der Waals surface area contributed by atoms with Gasteiger partial charge in [0.1, 0.15) is 6.61 Å². The van der Waals surface area contributed by atoms with Crippen LogP contribution in [-0.2, 0) is 14.3 Å². The van der Waals surface area contributed by atoms with E-state index in [4.69, 9.17) is 4.74 Å². The number of ketones is 2. The van der Waals surface area contributed by atoms with E-state index in [1.165, 1.54) is 5.57 Å². The zero-order chi connectivity index (χ0) is 17.4. The molecule has 5 aliphatic rings. The summed E-state index contributed by atoms with van der Waals surface area (Å²) in [6, 6.07) is 0. The van der Waals surface area contributed by atoms with E-state index in [0.29, 0.717) is 24.2 Å². The third kappa shape index (κ3) is 1.96.